The molecule has 0 aliphatic carbocycles. The van der Waals surface area contributed by atoms with Crippen LogP contribution in [0.25, 0.3) is 10.9 Å². The number of nitrogens with one attached hydrogen (secondary N) is 1. The predicted octanol–water partition coefficient (Wildman–Crippen LogP) is 4.40. The van der Waals surface area contributed by atoms with Gasteiger partial charge in [-0.1, -0.05) is 11.8 Å². The van der Waals surface area contributed by atoms with E-state index in [0.29, 0.717) is 38.2 Å². The van der Waals surface area contributed by atoms with E-state index in [0.717, 1.165) is 15.8 Å². The number of fused-ring (bicyclic) bond motifs is 1. The van der Waals surface area contributed by atoms with Crippen molar-refractivity contribution in [3.05, 3.63) is 39.8 Å². The molecule has 2 heterocycles. The Morgan fingerprint density at radius 1 is 1.17 bits per heavy atom. The van der Waals surface area contributed by atoms with Crippen LogP contribution < -0.4 is 14.8 Å². The molecule has 1 aromatic carbocycles. The monoisotopic (exact) mass is 438 g/mol. The summed E-state index contributed by atoms with van der Waals surface area (Å²) in [6, 6.07) is 9.46. The zero-order valence-corrected chi connectivity index (χ0v) is 18.5. The van der Waals surface area contributed by atoms with Crippen LogP contribution in [0.4, 0.5) is 5.00 Å². The van der Waals surface area contributed by atoms with E-state index >= 15 is 0 Å². The van der Waals surface area contributed by atoms with Gasteiger partial charge >= 0.3 is 0 Å². The maximum absolute atomic E-state index is 12.4. The summed E-state index contributed by atoms with van der Waals surface area (Å²) in [6.45, 7) is 3.77. The minimum Gasteiger partial charge on any atom is -0.493 e. The highest BCUT2D eigenvalue weighted by Crippen LogP contribution is 2.34. The Bertz CT molecular complexity index is 1220. The Morgan fingerprint density at radius 3 is 2.50 bits per heavy atom. The van der Waals surface area contributed by atoms with Gasteiger partial charge in [-0.15, -0.1) is 11.3 Å². The van der Waals surface area contributed by atoms with E-state index in [-0.39, 0.29) is 11.7 Å². The number of aryl methyl sites for hydroxylation is 1. The van der Waals surface area contributed by atoms with Crippen molar-refractivity contribution >= 4 is 44.9 Å². The van der Waals surface area contributed by atoms with Gasteiger partial charge in [0.25, 0.3) is 0 Å². The first-order valence-electron chi connectivity index (χ1n) is 8.81. The van der Waals surface area contributed by atoms with Gasteiger partial charge in [0, 0.05) is 16.3 Å². The fraction of sp³-hybridized carbons (Fsp3) is 0.238. The molecular formula is C21H18N4O3S2. The fourth-order valence-corrected chi connectivity index (χ4v) is 4.61. The normalized spacial score (nSPS) is 10.3. The Balaban J connectivity index is 1.83. The van der Waals surface area contributed by atoms with Crippen molar-refractivity contribution < 1.29 is 14.3 Å². The molecule has 0 atom stereocenters. The van der Waals surface area contributed by atoms with Gasteiger partial charge in [0.15, 0.2) is 11.5 Å². The quantitative estimate of drug-likeness (QED) is 0.568. The third-order valence-corrected chi connectivity index (χ3v) is 6.61. The number of methoxy groups -OCH3 is 2. The van der Waals surface area contributed by atoms with Gasteiger partial charge in [0.1, 0.15) is 22.2 Å². The highest BCUT2D eigenvalue weighted by atomic mass is 32.2. The van der Waals surface area contributed by atoms with E-state index in [1.165, 1.54) is 30.2 Å². The molecule has 0 spiro atoms. The second-order valence-electron chi connectivity index (χ2n) is 6.29. The van der Waals surface area contributed by atoms with Crippen LogP contribution in [0.3, 0.4) is 0 Å². The molecule has 0 unspecified atom stereocenters. The number of ether oxygens (including phenoxy) is 2. The van der Waals surface area contributed by atoms with E-state index in [4.69, 9.17) is 9.47 Å². The van der Waals surface area contributed by atoms with E-state index in [9.17, 15) is 15.3 Å². The van der Waals surface area contributed by atoms with Crippen molar-refractivity contribution in [2.45, 2.75) is 18.9 Å². The smallest absolute Gasteiger partial charge is 0.235 e. The summed E-state index contributed by atoms with van der Waals surface area (Å²) < 4.78 is 10.6. The van der Waals surface area contributed by atoms with Crippen molar-refractivity contribution in [3.8, 4) is 23.6 Å². The van der Waals surface area contributed by atoms with Gasteiger partial charge < -0.3 is 14.8 Å². The molecule has 0 saturated carbocycles. The number of thiophene rings is 1. The van der Waals surface area contributed by atoms with Crippen LogP contribution in [0.15, 0.2) is 23.2 Å². The average Bonchev–Trinajstić information content (AvgIpc) is 3.02. The lowest BCUT2D eigenvalue weighted by Gasteiger charge is -2.10. The van der Waals surface area contributed by atoms with E-state index in [1.54, 1.807) is 25.3 Å². The number of carbonyl (C=O) groups excluding carboxylic acids is 1. The number of amides is 1. The molecule has 0 aliphatic rings. The fourth-order valence-electron chi connectivity index (χ4n) is 2.82. The summed E-state index contributed by atoms with van der Waals surface area (Å²) in [6.07, 6.45) is 0. The molecule has 3 rings (SSSR count). The molecule has 0 fully saturated rings. The predicted molar refractivity (Wildman–Crippen MR) is 117 cm³/mol. The largest absolute Gasteiger partial charge is 0.493 e. The molecule has 9 heteroatoms. The van der Waals surface area contributed by atoms with Crippen molar-refractivity contribution in [2.24, 2.45) is 0 Å². The molecular weight excluding hydrogens is 420 g/mol. The van der Waals surface area contributed by atoms with Crippen LogP contribution in [0.5, 0.6) is 11.5 Å². The van der Waals surface area contributed by atoms with E-state index < -0.39 is 0 Å². The SMILES string of the molecule is COc1cc2cc(C#N)c(SCC(=O)Nc3sc(C)c(C)c3C#N)nc2cc1OC. The molecule has 1 N–H and O–H groups in total. The van der Waals surface area contributed by atoms with Gasteiger partial charge in [0.2, 0.25) is 5.91 Å². The van der Waals surface area contributed by atoms with Crippen LogP contribution in [0, 0.1) is 36.5 Å². The van der Waals surface area contributed by atoms with Gasteiger partial charge in [-0.2, -0.15) is 10.5 Å². The molecule has 0 aliphatic heterocycles. The number of aromatic nitrogens is 1. The van der Waals surface area contributed by atoms with Crippen LogP contribution in [0.2, 0.25) is 0 Å². The molecule has 0 bridgehead atoms. The van der Waals surface area contributed by atoms with Gasteiger partial charge in [-0.25, -0.2) is 4.98 Å². The number of hydrogen-bond acceptors (Lipinski definition) is 8. The number of anilines is 1. The highest BCUT2D eigenvalue weighted by molar-refractivity contribution is 8.00. The topological polar surface area (TPSA) is 108 Å². The Kier molecular flexibility index (Phi) is 6.46. The summed E-state index contributed by atoms with van der Waals surface area (Å²) in [5, 5.41) is 23.4. The van der Waals surface area contributed by atoms with Crippen molar-refractivity contribution in [3.63, 3.8) is 0 Å². The number of nitriles is 2. The third kappa shape index (κ3) is 4.18. The first-order chi connectivity index (χ1) is 14.4. The lowest BCUT2D eigenvalue weighted by molar-refractivity contribution is -0.113. The summed E-state index contributed by atoms with van der Waals surface area (Å²) >= 11 is 2.54. The van der Waals surface area contributed by atoms with E-state index in [1.807, 2.05) is 13.8 Å². The summed E-state index contributed by atoms with van der Waals surface area (Å²) in [5.74, 6) is 0.867. The first kappa shape index (κ1) is 21.4. The molecule has 30 heavy (non-hydrogen) atoms. The standard InChI is InChI=1S/C21H18N4O3S2/c1-11-12(2)30-21(15(11)9-23)25-19(26)10-29-20-14(8-22)5-13-6-17(27-3)18(28-4)7-16(13)24-20/h5-7H,10H2,1-4H3,(H,25,26). The van der Waals surface area contributed by atoms with Gasteiger partial charge in [0.05, 0.1) is 36.6 Å². The van der Waals surface area contributed by atoms with Crippen molar-refractivity contribution in [1.29, 1.82) is 10.5 Å². The Labute approximate surface area is 182 Å². The van der Waals surface area contributed by atoms with Crippen LogP contribution in [-0.4, -0.2) is 30.9 Å². The minimum atomic E-state index is -0.268. The lowest BCUT2D eigenvalue weighted by atomic mass is 10.1. The number of nitrogens with zero attached hydrogens (tertiary/aromatic N) is 3. The maximum Gasteiger partial charge on any atom is 0.235 e. The number of rotatable bonds is 6. The molecule has 1 amide bonds. The zero-order chi connectivity index (χ0) is 21.8. The number of carbonyl (C=O) groups is 1. The molecule has 7 nitrogen and oxygen atoms in total. The summed E-state index contributed by atoms with van der Waals surface area (Å²) in [4.78, 5) is 18.0. The molecule has 0 radical (unpaired) electrons. The van der Waals surface area contributed by atoms with Crippen LogP contribution in [0.1, 0.15) is 21.6 Å². The van der Waals surface area contributed by atoms with Gasteiger partial charge in [-0.05, 0) is 31.5 Å². The van der Waals surface area contributed by atoms with Crippen LogP contribution >= 0.6 is 23.1 Å². The third-order valence-electron chi connectivity index (χ3n) is 4.50. The first-order valence-corrected chi connectivity index (χ1v) is 10.6. The molecule has 3 aromatic rings. The highest BCUT2D eigenvalue weighted by Gasteiger charge is 2.16. The Morgan fingerprint density at radius 2 is 1.87 bits per heavy atom. The molecule has 0 saturated heterocycles. The minimum absolute atomic E-state index is 0.0569. The van der Waals surface area contributed by atoms with Gasteiger partial charge in [-0.3, -0.25) is 4.79 Å². The lowest BCUT2D eigenvalue weighted by Crippen LogP contribution is -2.14. The number of thioether (sulfide) groups is 1. The van der Waals surface area contributed by atoms with Crippen molar-refractivity contribution in [2.75, 3.05) is 25.3 Å². The van der Waals surface area contributed by atoms with Crippen LogP contribution in [-0.2, 0) is 4.79 Å². The van der Waals surface area contributed by atoms with E-state index in [2.05, 4.69) is 22.4 Å². The van der Waals surface area contributed by atoms with Crippen molar-refractivity contribution in [1.82, 2.24) is 4.98 Å². The number of hydrogen-bond donors (Lipinski definition) is 1. The molecule has 2 aromatic heterocycles. The maximum atomic E-state index is 12.4. The average molecular weight is 439 g/mol. The number of pyridine rings is 1. The molecule has 152 valence electrons. The summed E-state index contributed by atoms with van der Waals surface area (Å²) in [7, 11) is 3.08. The second kappa shape index (κ2) is 9.04. The number of benzene rings is 1. The second-order valence-corrected chi connectivity index (χ2v) is 8.48. The Hall–Kier alpha value is -3.27. The summed E-state index contributed by atoms with van der Waals surface area (Å²) in [5.41, 5.74) is 2.36. The zero-order valence-electron chi connectivity index (χ0n) is 16.8.